The molecular formula is C13H16N4OS. The van der Waals surface area contributed by atoms with E-state index >= 15 is 0 Å². The molecule has 0 fully saturated rings. The van der Waals surface area contributed by atoms with Crippen molar-refractivity contribution in [3.63, 3.8) is 0 Å². The number of ether oxygens (including phenoxy) is 1. The van der Waals surface area contributed by atoms with E-state index in [0.717, 1.165) is 22.8 Å². The Balaban J connectivity index is 2.42. The molecule has 19 heavy (non-hydrogen) atoms. The molecule has 0 aliphatic carbocycles. The predicted octanol–water partition coefficient (Wildman–Crippen LogP) is 2.50. The number of aryl methyl sites for hydroxylation is 1. The molecule has 2 aromatic rings. The largest absolute Gasteiger partial charge is 0.494 e. The molecule has 100 valence electrons. The molecule has 6 heteroatoms. The zero-order chi connectivity index (χ0) is 13.8. The van der Waals surface area contributed by atoms with Crippen molar-refractivity contribution in [1.82, 2.24) is 9.55 Å². The zero-order valence-corrected chi connectivity index (χ0v) is 11.9. The fourth-order valence-corrected chi connectivity index (χ4v) is 1.87. The van der Waals surface area contributed by atoms with Gasteiger partial charge < -0.3 is 15.0 Å². The van der Waals surface area contributed by atoms with E-state index in [9.17, 15) is 0 Å². The number of benzene rings is 1. The van der Waals surface area contributed by atoms with E-state index in [1.807, 2.05) is 42.1 Å². The van der Waals surface area contributed by atoms with Crippen molar-refractivity contribution in [3.8, 4) is 11.4 Å². The lowest BCUT2D eigenvalue weighted by atomic mass is 10.2. The van der Waals surface area contributed by atoms with Crippen LogP contribution in [-0.4, -0.2) is 28.1 Å². The molecule has 0 aliphatic heterocycles. The molecule has 1 aromatic carbocycles. The normalized spacial score (nSPS) is 11.6. The Bertz CT molecular complexity index is 606. The molecule has 1 aromatic heterocycles. The lowest BCUT2D eigenvalue weighted by Gasteiger charge is -2.09. The fourth-order valence-electron chi connectivity index (χ4n) is 1.68. The Morgan fingerprint density at radius 1 is 1.47 bits per heavy atom. The molecule has 2 rings (SSSR count). The topological polar surface area (TPSA) is 65.4 Å². The van der Waals surface area contributed by atoms with Crippen LogP contribution >= 0.6 is 11.8 Å². The van der Waals surface area contributed by atoms with Crippen LogP contribution in [0.2, 0.25) is 0 Å². The van der Waals surface area contributed by atoms with Crippen LogP contribution in [0.1, 0.15) is 5.69 Å². The second-order valence-electron chi connectivity index (χ2n) is 3.93. The van der Waals surface area contributed by atoms with Gasteiger partial charge in [-0.05, 0) is 25.3 Å². The summed E-state index contributed by atoms with van der Waals surface area (Å²) < 4.78 is 7.32. The highest BCUT2D eigenvalue weighted by Gasteiger charge is 2.07. The standard InChI is InChI=1S/C13H16N4OS/c1-9-7-17(8-15-9)11-5-4-10(6-12(11)18-2)16-13(14)19-3/h4-8H,1-3H3,(H2,14,16). The zero-order valence-electron chi connectivity index (χ0n) is 11.1. The average Bonchev–Trinajstić information content (AvgIpc) is 2.84. The third-order valence-corrected chi connectivity index (χ3v) is 3.11. The summed E-state index contributed by atoms with van der Waals surface area (Å²) in [4.78, 5) is 8.49. The number of thioether (sulfide) groups is 1. The van der Waals surface area contributed by atoms with Crippen molar-refractivity contribution in [2.45, 2.75) is 6.92 Å². The van der Waals surface area contributed by atoms with Gasteiger partial charge in [-0.25, -0.2) is 9.98 Å². The summed E-state index contributed by atoms with van der Waals surface area (Å²) in [5.74, 6) is 0.729. The maximum absolute atomic E-state index is 5.71. The van der Waals surface area contributed by atoms with Gasteiger partial charge in [0.1, 0.15) is 5.75 Å². The number of amidine groups is 1. The quantitative estimate of drug-likeness (QED) is 0.691. The molecule has 0 aliphatic rings. The van der Waals surface area contributed by atoms with E-state index in [-0.39, 0.29) is 0 Å². The van der Waals surface area contributed by atoms with Crippen molar-refractivity contribution in [2.24, 2.45) is 10.7 Å². The van der Waals surface area contributed by atoms with E-state index in [0.29, 0.717) is 5.17 Å². The van der Waals surface area contributed by atoms with Crippen LogP contribution in [0.25, 0.3) is 5.69 Å². The molecule has 0 radical (unpaired) electrons. The number of nitrogens with zero attached hydrogens (tertiary/aromatic N) is 3. The predicted molar refractivity (Wildman–Crippen MR) is 79.7 cm³/mol. The summed E-state index contributed by atoms with van der Waals surface area (Å²) in [5.41, 5.74) is 8.35. The highest BCUT2D eigenvalue weighted by atomic mass is 32.2. The van der Waals surface area contributed by atoms with Crippen molar-refractivity contribution in [2.75, 3.05) is 13.4 Å². The summed E-state index contributed by atoms with van der Waals surface area (Å²) in [6.07, 6.45) is 5.59. The first-order valence-corrected chi connectivity index (χ1v) is 6.93. The molecular weight excluding hydrogens is 260 g/mol. The van der Waals surface area contributed by atoms with Crippen LogP contribution in [-0.2, 0) is 0 Å². The van der Waals surface area contributed by atoms with E-state index < -0.39 is 0 Å². The van der Waals surface area contributed by atoms with Gasteiger partial charge in [0.15, 0.2) is 5.17 Å². The number of aromatic nitrogens is 2. The van der Waals surface area contributed by atoms with E-state index in [4.69, 9.17) is 10.5 Å². The lowest BCUT2D eigenvalue weighted by molar-refractivity contribution is 0.413. The Kier molecular flexibility index (Phi) is 4.11. The average molecular weight is 276 g/mol. The Hall–Kier alpha value is -1.95. The smallest absolute Gasteiger partial charge is 0.158 e. The van der Waals surface area contributed by atoms with Crippen LogP contribution in [0.4, 0.5) is 5.69 Å². The van der Waals surface area contributed by atoms with Gasteiger partial charge in [-0.2, -0.15) is 0 Å². The van der Waals surface area contributed by atoms with Crippen molar-refractivity contribution >= 4 is 22.6 Å². The summed E-state index contributed by atoms with van der Waals surface area (Å²) >= 11 is 1.41. The van der Waals surface area contributed by atoms with Gasteiger partial charge in [0.2, 0.25) is 0 Å². The van der Waals surface area contributed by atoms with Crippen LogP contribution in [0.15, 0.2) is 35.7 Å². The van der Waals surface area contributed by atoms with E-state index in [1.165, 1.54) is 11.8 Å². The third-order valence-electron chi connectivity index (χ3n) is 2.60. The number of aliphatic imine (C=N–C) groups is 1. The van der Waals surface area contributed by atoms with Gasteiger partial charge in [0.25, 0.3) is 0 Å². The maximum Gasteiger partial charge on any atom is 0.158 e. The molecule has 0 atom stereocenters. The Morgan fingerprint density at radius 3 is 2.84 bits per heavy atom. The minimum atomic E-state index is 0.522. The summed E-state index contributed by atoms with van der Waals surface area (Å²) in [6, 6.07) is 5.69. The third kappa shape index (κ3) is 3.08. The summed E-state index contributed by atoms with van der Waals surface area (Å²) in [7, 11) is 1.63. The number of rotatable bonds is 3. The van der Waals surface area contributed by atoms with E-state index in [2.05, 4.69) is 9.98 Å². The maximum atomic E-state index is 5.71. The number of hydrogen-bond acceptors (Lipinski definition) is 4. The number of methoxy groups -OCH3 is 1. The van der Waals surface area contributed by atoms with Crippen molar-refractivity contribution < 1.29 is 4.74 Å². The number of nitrogens with two attached hydrogens (primary N) is 1. The molecule has 5 nitrogen and oxygen atoms in total. The summed E-state index contributed by atoms with van der Waals surface area (Å²) in [5, 5.41) is 0.522. The Labute approximate surface area is 116 Å². The lowest BCUT2D eigenvalue weighted by Crippen LogP contribution is -2.04. The highest BCUT2D eigenvalue weighted by Crippen LogP contribution is 2.28. The first-order valence-electron chi connectivity index (χ1n) is 5.71. The fraction of sp³-hybridized carbons (Fsp3) is 0.231. The van der Waals surface area contributed by atoms with Crippen LogP contribution in [0.5, 0.6) is 5.75 Å². The van der Waals surface area contributed by atoms with Crippen LogP contribution < -0.4 is 10.5 Å². The molecule has 0 saturated carbocycles. The molecule has 0 bridgehead atoms. The SMILES string of the molecule is COc1cc(N=C(N)SC)ccc1-n1cnc(C)c1. The van der Waals surface area contributed by atoms with Gasteiger partial charge in [-0.3, -0.25) is 0 Å². The monoisotopic (exact) mass is 276 g/mol. The number of hydrogen-bond donors (Lipinski definition) is 1. The van der Waals surface area contributed by atoms with Gasteiger partial charge in [0, 0.05) is 12.3 Å². The second-order valence-corrected chi connectivity index (χ2v) is 4.76. The van der Waals surface area contributed by atoms with Gasteiger partial charge >= 0.3 is 0 Å². The minimum absolute atomic E-state index is 0.522. The molecule has 2 N–H and O–H groups in total. The molecule has 0 amide bonds. The van der Waals surface area contributed by atoms with Crippen LogP contribution in [0, 0.1) is 6.92 Å². The van der Waals surface area contributed by atoms with Gasteiger partial charge in [-0.15, -0.1) is 0 Å². The first-order chi connectivity index (χ1) is 9.13. The molecule has 0 unspecified atom stereocenters. The first kappa shape index (κ1) is 13.5. The number of imidazole rings is 1. The Morgan fingerprint density at radius 2 is 2.26 bits per heavy atom. The second kappa shape index (κ2) is 5.79. The molecule has 0 saturated heterocycles. The summed E-state index contributed by atoms with van der Waals surface area (Å²) in [6.45, 7) is 1.95. The van der Waals surface area contributed by atoms with Gasteiger partial charge in [-0.1, -0.05) is 11.8 Å². The highest BCUT2D eigenvalue weighted by molar-refractivity contribution is 8.13. The molecule has 1 heterocycles. The van der Waals surface area contributed by atoms with Crippen molar-refractivity contribution in [3.05, 3.63) is 36.4 Å². The minimum Gasteiger partial charge on any atom is -0.494 e. The van der Waals surface area contributed by atoms with Gasteiger partial charge in [0.05, 0.1) is 30.5 Å². The van der Waals surface area contributed by atoms with Crippen molar-refractivity contribution in [1.29, 1.82) is 0 Å². The van der Waals surface area contributed by atoms with Crippen LogP contribution in [0.3, 0.4) is 0 Å². The molecule has 0 spiro atoms. The van der Waals surface area contributed by atoms with E-state index in [1.54, 1.807) is 13.4 Å².